The Kier molecular flexibility index (Phi) is 4.84. The van der Waals surface area contributed by atoms with Gasteiger partial charge in [-0.05, 0) is 30.7 Å². The third-order valence-electron chi connectivity index (χ3n) is 4.92. The van der Waals surface area contributed by atoms with Crippen LogP contribution in [-0.2, 0) is 0 Å². The second kappa shape index (κ2) is 7.65. The number of nitro benzene ring substituents is 2. The highest BCUT2D eigenvalue weighted by molar-refractivity contribution is 5.82. The molecule has 0 saturated heterocycles. The van der Waals surface area contributed by atoms with E-state index in [4.69, 9.17) is 0 Å². The van der Waals surface area contributed by atoms with Crippen LogP contribution in [0.25, 0.3) is 22.9 Å². The smallest absolute Gasteiger partial charge is 0.300 e. The predicted octanol–water partition coefficient (Wildman–Crippen LogP) is 1.92. The molecule has 0 aliphatic rings. The molecule has 32 heavy (non-hydrogen) atoms. The van der Waals surface area contributed by atoms with E-state index in [1.807, 2.05) is 0 Å². The number of non-ortho nitro benzene ring substituents is 1. The summed E-state index contributed by atoms with van der Waals surface area (Å²) in [5.41, 5.74) is 5.69. The van der Waals surface area contributed by atoms with Crippen LogP contribution in [0.4, 0.5) is 17.1 Å². The third kappa shape index (κ3) is 3.19. The highest BCUT2D eigenvalue weighted by Crippen LogP contribution is 2.28. The maximum atomic E-state index is 13.2. The number of rotatable bonds is 5. The second-order valence-electron chi connectivity index (χ2n) is 6.72. The van der Waals surface area contributed by atoms with E-state index < -0.39 is 26.8 Å². The first-order valence-electron chi connectivity index (χ1n) is 9.12. The fourth-order valence-corrected chi connectivity index (χ4v) is 3.36. The van der Waals surface area contributed by atoms with Crippen LogP contribution in [0.1, 0.15) is 11.1 Å². The normalized spacial score (nSPS) is 11.4. The van der Waals surface area contributed by atoms with Crippen LogP contribution >= 0.6 is 0 Å². The number of hydrazine groups is 1. The second-order valence-corrected chi connectivity index (χ2v) is 6.72. The molecule has 2 heterocycles. The summed E-state index contributed by atoms with van der Waals surface area (Å²) in [7, 11) is 0. The predicted molar refractivity (Wildman–Crippen MR) is 115 cm³/mol. The van der Waals surface area contributed by atoms with Gasteiger partial charge in [-0.25, -0.2) is 4.98 Å². The molecule has 0 amide bonds. The highest BCUT2D eigenvalue weighted by Gasteiger charge is 2.19. The molecule has 0 radical (unpaired) electrons. The van der Waals surface area contributed by atoms with E-state index in [1.165, 1.54) is 16.7 Å². The Morgan fingerprint density at radius 3 is 2.59 bits per heavy atom. The number of nitro groups is 2. The molecule has 12 heteroatoms. The van der Waals surface area contributed by atoms with Crippen molar-refractivity contribution in [3.8, 4) is 6.07 Å². The lowest BCUT2D eigenvalue weighted by Crippen LogP contribution is -2.36. The molecule has 4 aromatic rings. The Labute approximate surface area is 178 Å². The van der Waals surface area contributed by atoms with Gasteiger partial charge < -0.3 is 5.43 Å². The van der Waals surface area contributed by atoms with E-state index in [2.05, 4.69) is 21.9 Å². The van der Waals surface area contributed by atoms with E-state index in [0.717, 1.165) is 12.1 Å². The number of para-hydroxylation sites is 2. The molecule has 2 aromatic heterocycles. The van der Waals surface area contributed by atoms with Crippen molar-refractivity contribution in [3.63, 3.8) is 0 Å². The van der Waals surface area contributed by atoms with Gasteiger partial charge >= 0.3 is 5.69 Å². The SMILES string of the molecule is Cc1c(C#N)c2nc3ccccc3n2c(=O)/c1=C/NNc1ccc([N+](=O)[O-])cc1[N+](=O)[O-]. The maximum absolute atomic E-state index is 13.2. The van der Waals surface area contributed by atoms with Crippen molar-refractivity contribution in [3.05, 3.63) is 89.4 Å². The van der Waals surface area contributed by atoms with Crippen LogP contribution in [-0.4, -0.2) is 19.2 Å². The number of fused-ring (bicyclic) bond motifs is 3. The molecule has 0 spiro atoms. The minimum Gasteiger partial charge on any atom is -0.307 e. The summed E-state index contributed by atoms with van der Waals surface area (Å²) in [5.74, 6) is 0. The lowest BCUT2D eigenvalue weighted by atomic mass is 10.1. The van der Waals surface area contributed by atoms with Crippen molar-refractivity contribution in [2.24, 2.45) is 0 Å². The molecule has 12 nitrogen and oxygen atoms in total. The largest absolute Gasteiger partial charge is 0.307 e. The summed E-state index contributed by atoms with van der Waals surface area (Å²) in [6.07, 6.45) is 1.28. The van der Waals surface area contributed by atoms with Gasteiger partial charge in [-0.2, -0.15) is 5.26 Å². The first-order valence-corrected chi connectivity index (χ1v) is 9.12. The lowest BCUT2D eigenvalue weighted by Gasteiger charge is -2.07. The summed E-state index contributed by atoms with van der Waals surface area (Å²) in [4.78, 5) is 38.2. The molecule has 0 aliphatic heterocycles. The van der Waals surface area contributed by atoms with E-state index in [-0.39, 0.29) is 22.1 Å². The average molecular weight is 431 g/mol. The molecule has 0 aliphatic carbocycles. The van der Waals surface area contributed by atoms with Gasteiger partial charge in [0, 0.05) is 12.3 Å². The monoisotopic (exact) mass is 431 g/mol. The lowest BCUT2D eigenvalue weighted by molar-refractivity contribution is -0.393. The van der Waals surface area contributed by atoms with Gasteiger partial charge in [0.1, 0.15) is 11.8 Å². The number of hydrogen-bond donors (Lipinski definition) is 2. The number of benzene rings is 2. The number of anilines is 1. The standard InChI is InChI=1S/C20H13N7O5/c1-11-13(9-21)19-23-15-4-2-3-5-17(15)25(19)20(28)14(11)10-22-24-16-7-6-12(26(29)30)8-18(16)27(31)32/h2-8,10,22,24H,1H3/b14-10+. The van der Waals surface area contributed by atoms with Gasteiger partial charge in [0.2, 0.25) is 0 Å². The Balaban J connectivity index is 1.81. The maximum Gasteiger partial charge on any atom is 0.300 e. The van der Waals surface area contributed by atoms with Crippen LogP contribution in [0.15, 0.2) is 47.3 Å². The van der Waals surface area contributed by atoms with Gasteiger partial charge in [0.25, 0.3) is 11.2 Å². The fraction of sp³-hybridized carbons (Fsp3) is 0.0500. The summed E-state index contributed by atoms with van der Waals surface area (Å²) >= 11 is 0. The number of pyridine rings is 1. The zero-order chi connectivity index (χ0) is 23.0. The van der Waals surface area contributed by atoms with Crippen LogP contribution in [0.2, 0.25) is 0 Å². The van der Waals surface area contributed by atoms with Crippen LogP contribution in [0.5, 0.6) is 0 Å². The van der Waals surface area contributed by atoms with Gasteiger partial charge in [-0.15, -0.1) is 0 Å². The molecule has 0 bridgehead atoms. The molecule has 0 fully saturated rings. The first-order chi connectivity index (χ1) is 15.3. The average Bonchev–Trinajstić information content (AvgIpc) is 3.15. The molecule has 2 aromatic carbocycles. The van der Waals surface area contributed by atoms with E-state index in [1.54, 1.807) is 31.2 Å². The number of nitrogens with zero attached hydrogens (tertiary/aromatic N) is 5. The Morgan fingerprint density at radius 1 is 1.16 bits per heavy atom. The zero-order valence-electron chi connectivity index (χ0n) is 16.4. The summed E-state index contributed by atoms with van der Waals surface area (Å²) in [5, 5.41) is 31.9. The summed E-state index contributed by atoms with van der Waals surface area (Å²) in [6.45, 7) is 1.60. The van der Waals surface area contributed by atoms with E-state index in [0.29, 0.717) is 16.6 Å². The van der Waals surface area contributed by atoms with Crippen molar-refractivity contribution >= 4 is 39.9 Å². The molecule has 0 unspecified atom stereocenters. The minimum absolute atomic E-state index is 0.0448. The number of aromatic nitrogens is 2. The number of nitriles is 1. The Bertz CT molecular complexity index is 1590. The number of hydrogen-bond acceptors (Lipinski definition) is 9. The summed E-state index contributed by atoms with van der Waals surface area (Å²) in [6, 6.07) is 12.1. The van der Waals surface area contributed by atoms with Crippen molar-refractivity contribution in [2.75, 3.05) is 5.43 Å². The summed E-state index contributed by atoms with van der Waals surface area (Å²) < 4.78 is 1.34. The molecular formula is C20H13N7O5. The number of nitrogens with one attached hydrogen (secondary N) is 2. The van der Waals surface area contributed by atoms with Gasteiger partial charge in [-0.3, -0.25) is 34.8 Å². The van der Waals surface area contributed by atoms with Crippen molar-refractivity contribution < 1.29 is 9.85 Å². The number of imidazole rings is 1. The first kappa shape index (κ1) is 20.2. The fourth-order valence-electron chi connectivity index (χ4n) is 3.36. The van der Waals surface area contributed by atoms with E-state index >= 15 is 0 Å². The minimum atomic E-state index is -0.765. The topological polar surface area (TPSA) is 168 Å². The van der Waals surface area contributed by atoms with Crippen LogP contribution in [0, 0.1) is 38.5 Å². The Hall–Kier alpha value is -5.05. The molecular weight excluding hydrogens is 418 g/mol. The molecule has 0 atom stereocenters. The van der Waals surface area contributed by atoms with Crippen molar-refractivity contribution in [1.82, 2.24) is 14.8 Å². The van der Waals surface area contributed by atoms with E-state index in [9.17, 15) is 30.3 Å². The zero-order valence-corrected chi connectivity index (χ0v) is 16.4. The Morgan fingerprint density at radius 2 is 1.91 bits per heavy atom. The quantitative estimate of drug-likeness (QED) is 0.354. The molecule has 158 valence electrons. The van der Waals surface area contributed by atoms with Crippen molar-refractivity contribution in [2.45, 2.75) is 6.92 Å². The molecule has 0 saturated carbocycles. The van der Waals surface area contributed by atoms with Gasteiger partial charge in [0.15, 0.2) is 5.65 Å². The van der Waals surface area contributed by atoms with Crippen LogP contribution in [0.3, 0.4) is 0 Å². The highest BCUT2D eigenvalue weighted by atomic mass is 16.6. The van der Waals surface area contributed by atoms with Crippen molar-refractivity contribution in [1.29, 1.82) is 5.26 Å². The van der Waals surface area contributed by atoms with Gasteiger partial charge in [-0.1, -0.05) is 12.1 Å². The molecule has 2 N–H and O–H groups in total. The third-order valence-corrected chi connectivity index (χ3v) is 4.92. The van der Waals surface area contributed by atoms with Crippen LogP contribution < -0.4 is 21.6 Å². The molecule has 4 rings (SSSR count). The van der Waals surface area contributed by atoms with Gasteiger partial charge in [0.05, 0.1) is 37.7 Å².